The van der Waals surface area contributed by atoms with Crippen LogP contribution in [0.1, 0.15) is 38.5 Å². The zero-order chi connectivity index (χ0) is 11.8. The van der Waals surface area contributed by atoms with Crippen LogP contribution in [-0.2, 0) is 9.59 Å². The van der Waals surface area contributed by atoms with Crippen molar-refractivity contribution in [1.29, 1.82) is 0 Å². The molecule has 0 aromatic carbocycles. The Kier molecular flexibility index (Phi) is 5.85. The molecule has 92 valence electrons. The lowest BCUT2D eigenvalue weighted by Crippen LogP contribution is -2.42. The molecule has 2 amide bonds. The quantitative estimate of drug-likeness (QED) is 0.613. The SMILES string of the molecule is NCCC(=O)NCC(=O)NC1CCCCC1. The van der Waals surface area contributed by atoms with Crippen LogP contribution in [0.4, 0.5) is 0 Å². The summed E-state index contributed by atoms with van der Waals surface area (Å²) in [6.45, 7) is 0.380. The molecule has 0 bridgehead atoms. The molecule has 1 aliphatic rings. The summed E-state index contributed by atoms with van der Waals surface area (Å²) in [5, 5.41) is 5.47. The lowest BCUT2D eigenvalue weighted by atomic mass is 9.95. The Hall–Kier alpha value is -1.10. The highest BCUT2D eigenvalue weighted by atomic mass is 16.2. The highest BCUT2D eigenvalue weighted by Crippen LogP contribution is 2.16. The molecule has 1 saturated carbocycles. The number of hydrogen-bond donors (Lipinski definition) is 3. The maximum Gasteiger partial charge on any atom is 0.239 e. The van der Waals surface area contributed by atoms with Gasteiger partial charge in [0.25, 0.3) is 0 Å². The topological polar surface area (TPSA) is 84.2 Å². The normalized spacial score (nSPS) is 16.8. The number of carbonyl (C=O) groups is 2. The van der Waals surface area contributed by atoms with Gasteiger partial charge in [-0.3, -0.25) is 9.59 Å². The predicted octanol–water partition coefficient (Wildman–Crippen LogP) is -0.0997. The summed E-state index contributed by atoms with van der Waals surface area (Å²) in [4.78, 5) is 22.5. The van der Waals surface area contributed by atoms with Crippen molar-refractivity contribution in [1.82, 2.24) is 10.6 Å². The summed E-state index contributed by atoms with van der Waals surface area (Å²) in [7, 11) is 0. The second kappa shape index (κ2) is 7.22. The first-order valence-corrected chi connectivity index (χ1v) is 5.98. The molecule has 1 aliphatic carbocycles. The second-order valence-corrected chi connectivity index (χ2v) is 4.22. The lowest BCUT2D eigenvalue weighted by molar-refractivity contribution is -0.126. The first-order chi connectivity index (χ1) is 7.72. The standard InChI is InChI=1S/C11H21N3O2/c12-7-6-10(15)13-8-11(16)14-9-4-2-1-3-5-9/h9H,1-8,12H2,(H,13,15)(H,14,16). The molecule has 0 aromatic rings. The predicted molar refractivity (Wildman–Crippen MR) is 61.7 cm³/mol. The molecule has 0 atom stereocenters. The zero-order valence-corrected chi connectivity index (χ0v) is 9.63. The van der Waals surface area contributed by atoms with Crippen molar-refractivity contribution in [2.45, 2.75) is 44.6 Å². The van der Waals surface area contributed by atoms with Crippen LogP contribution in [-0.4, -0.2) is 30.9 Å². The maximum atomic E-state index is 11.5. The van der Waals surface area contributed by atoms with Gasteiger partial charge in [0.2, 0.25) is 11.8 Å². The van der Waals surface area contributed by atoms with Gasteiger partial charge in [0.05, 0.1) is 6.54 Å². The van der Waals surface area contributed by atoms with Crippen LogP contribution in [0.25, 0.3) is 0 Å². The number of carbonyl (C=O) groups excluding carboxylic acids is 2. The molecule has 5 heteroatoms. The number of nitrogens with two attached hydrogens (primary N) is 1. The van der Waals surface area contributed by atoms with Crippen LogP contribution in [0.3, 0.4) is 0 Å². The van der Waals surface area contributed by atoms with E-state index in [1.54, 1.807) is 0 Å². The van der Waals surface area contributed by atoms with E-state index in [0.29, 0.717) is 12.6 Å². The van der Waals surface area contributed by atoms with Gasteiger partial charge in [-0.05, 0) is 12.8 Å². The van der Waals surface area contributed by atoms with E-state index in [1.165, 1.54) is 19.3 Å². The molecule has 0 aromatic heterocycles. The Labute approximate surface area is 96.1 Å². The summed E-state index contributed by atoms with van der Waals surface area (Å²) in [5.41, 5.74) is 5.22. The molecule has 0 saturated heterocycles. The number of rotatable bonds is 5. The summed E-state index contributed by atoms with van der Waals surface area (Å²) >= 11 is 0. The third kappa shape index (κ3) is 5.11. The van der Waals surface area contributed by atoms with E-state index >= 15 is 0 Å². The van der Waals surface area contributed by atoms with E-state index < -0.39 is 0 Å². The average Bonchev–Trinajstić information content (AvgIpc) is 2.28. The van der Waals surface area contributed by atoms with Crippen LogP contribution >= 0.6 is 0 Å². The monoisotopic (exact) mass is 227 g/mol. The van der Waals surface area contributed by atoms with Gasteiger partial charge in [0.1, 0.15) is 0 Å². The van der Waals surface area contributed by atoms with E-state index in [2.05, 4.69) is 10.6 Å². The van der Waals surface area contributed by atoms with Crippen molar-refractivity contribution < 1.29 is 9.59 Å². The van der Waals surface area contributed by atoms with E-state index in [-0.39, 0.29) is 24.8 Å². The summed E-state index contributed by atoms with van der Waals surface area (Å²) < 4.78 is 0. The third-order valence-electron chi connectivity index (χ3n) is 2.79. The summed E-state index contributed by atoms with van der Waals surface area (Å²) in [6, 6.07) is 0.299. The van der Waals surface area contributed by atoms with Crippen molar-refractivity contribution in [3.63, 3.8) is 0 Å². The summed E-state index contributed by atoms with van der Waals surface area (Å²) in [5.74, 6) is -0.265. The average molecular weight is 227 g/mol. The number of nitrogens with one attached hydrogen (secondary N) is 2. The fourth-order valence-electron chi connectivity index (χ4n) is 1.92. The molecule has 0 unspecified atom stereocenters. The first-order valence-electron chi connectivity index (χ1n) is 5.98. The maximum absolute atomic E-state index is 11.5. The van der Waals surface area contributed by atoms with Crippen LogP contribution in [0, 0.1) is 0 Å². The van der Waals surface area contributed by atoms with Gasteiger partial charge < -0.3 is 16.4 Å². The third-order valence-corrected chi connectivity index (χ3v) is 2.79. The van der Waals surface area contributed by atoms with Crippen LogP contribution in [0.5, 0.6) is 0 Å². The smallest absolute Gasteiger partial charge is 0.239 e. The fourth-order valence-corrected chi connectivity index (χ4v) is 1.92. The van der Waals surface area contributed by atoms with Crippen molar-refractivity contribution in [2.75, 3.05) is 13.1 Å². The molecule has 0 radical (unpaired) electrons. The number of hydrogen-bond acceptors (Lipinski definition) is 3. The van der Waals surface area contributed by atoms with Gasteiger partial charge in [-0.25, -0.2) is 0 Å². The second-order valence-electron chi connectivity index (χ2n) is 4.22. The minimum Gasteiger partial charge on any atom is -0.352 e. The van der Waals surface area contributed by atoms with Gasteiger partial charge in [0.15, 0.2) is 0 Å². The highest BCUT2D eigenvalue weighted by Gasteiger charge is 2.15. The van der Waals surface area contributed by atoms with E-state index in [4.69, 9.17) is 5.73 Å². The molecular weight excluding hydrogens is 206 g/mol. The van der Waals surface area contributed by atoms with E-state index in [1.807, 2.05) is 0 Å². The Bertz CT molecular complexity index is 237. The zero-order valence-electron chi connectivity index (χ0n) is 9.63. The van der Waals surface area contributed by atoms with Gasteiger partial charge in [-0.2, -0.15) is 0 Å². The lowest BCUT2D eigenvalue weighted by Gasteiger charge is -2.22. The van der Waals surface area contributed by atoms with Gasteiger partial charge in [0, 0.05) is 19.0 Å². The summed E-state index contributed by atoms with van der Waals surface area (Å²) in [6.07, 6.45) is 6.02. The van der Waals surface area contributed by atoms with Gasteiger partial charge in [-0.1, -0.05) is 19.3 Å². The minimum absolute atomic E-state index is 0.0648. The van der Waals surface area contributed by atoms with Gasteiger partial charge >= 0.3 is 0 Å². The van der Waals surface area contributed by atoms with Crippen molar-refractivity contribution in [3.8, 4) is 0 Å². The number of amides is 2. The van der Waals surface area contributed by atoms with Crippen molar-refractivity contribution >= 4 is 11.8 Å². The Balaban J connectivity index is 2.12. The van der Waals surface area contributed by atoms with Crippen LogP contribution < -0.4 is 16.4 Å². The molecular formula is C11H21N3O2. The molecule has 1 rings (SSSR count). The van der Waals surface area contributed by atoms with E-state index in [0.717, 1.165) is 12.8 Å². The Morgan fingerprint density at radius 2 is 1.81 bits per heavy atom. The first kappa shape index (κ1) is 13.0. The highest BCUT2D eigenvalue weighted by molar-refractivity contribution is 5.84. The Morgan fingerprint density at radius 3 is 2.44 bits per heavy atom. The van der Waals surface area contributed by atoms with Crippen LogP contribution in [0.2, 0.25) is 0 Å². The Morgan fingerprint density at radius 1 is 1.12 bits per heavy atom. The molecule has 5 nitrogen and oxygen atoms in total. The van der Waals surface area contributed by atoms with E-state index in [9.17, 15) is 9.59 Å². The molecule has 4 N–H and O–H groups in total. The van der Waals surface area contributed by atoms with Crippen molar-refractivity contribution in [3.05, 3.63) is 0 Å². The molecule has 16 heavy (non-hydrogen) atoms. The van der Waals surface area contributed by atoms with Crippen LogP contribution in [0.15, 0.2) is 0 Å². The van der Waals surface area contributed by atoms with Gasteiger partial charge in [-0.15, -0.1) is 0 Å². The minimum atomic E-state index is -0.165. The molecule has 0 spiro atoms. The molecule has 0 aliphatic heterocycles. The fraction of sp³-hybridized carbons (Fsp3) is 0.818. The largest absolute Gasteiger partial charge is 0.352 e. The molecule has 1 fully saturated rings. The van der Waals surface area contributed by atoms with Crippen molar-refractivity contribution in [2.24, 2.45) is 5.73 Å². The molecule has 0 heterocycles.